The van der Waals surface area contributed by atoms with E-state index in [1.165, 1.54) is 12.1 Å². The minimum absolute atomic E-state index is 0.231. The third-order valence-electron chi connectivity index (χ3n) is 2.87. The third kappa shape index (κ3) is 6.10. The van der Waals surface area contributed by atoms with Gasteiger partial charge in [0.2, 0.25) is 0 Å². The molecule has 6 heteroatoms. The normalized spacial score (nSPS) is 12.0. The maximum atomic E-state index is 13.3. The lowest BCUT2D eigenvalue weighted by Crippen LogP contribution is -2.38. The molecule has 0 aliphatic heterocycles. The predicted molar refractivity (Wildman–Crippen MR) is 78.8 cm³/mol. The van der Waals surface area contributed by atoms with Crippen LogP contribution in [0.15, 0.2) is 18.2 Å². The number of methoxy groups -OCH3 is 1. The summed E-state index contributed by atoms with van der Waals surface area (Å²) in [5, 5.41) is 5.81. The van der Waals surface area contributed by atoms with Crippen LogP contribution in [0.2, 0.25) is 0 Å². The Hall–Kier alpha value is -1.66. The summed E-state index contributed by atoms with van der Waals surface area (Å²) in [4.78, 5) is 11.8. The molecule has 21 heavy (non-hydrogen) atoms. The molecule has 1 amide bonds. The predicted octanol–water partition coefficient (Wildman–Crippen LogP) is 1.47. The molecule has 2 N–H and O–H groups in total. The number of carbonyl (C=O) groups is 1. The highest BCUT2D eigenvalue weighted by molar-refractivity contribution is 5.80. The molecule has 1 aromatic carbocycles. The summed E-state index contributed by atoms with van der Waals surface area (Å²) in [7, 11) is 1.57. The molecule has 0 bridgehead atoms. The molecule has 1 atom stereocenters. The molecule has 1 unspecified atom stereocenters. The quantitative estimate of drug-likeness (QED) is 0.678. The van der Waals surface area contributed by atoms with Gasteiger partial charge in [0.1, 0.15) is 11.6 Å². The van der Waals surface area contributed by atoms with E-state index in [9.17, 15) is 9.18 Å². The summed E-state index contributed by atoms with van der Waals surface area (Å²) in [6.45, 7) is 5.75. The van der Waals surface area contributed by atoms with Gasteiger partial charge in [-0.1, -0.05) is 6.92 Å². The van der Waals surface area contributed by atoms with Gasteiger partial charge in [-0.25, -0.2) is 4.39 Å². The molecule has 0 aromatic heterocycles. The highest BCUT2D eigenvalue weighted by atomic mass is 19.1. The molecule has 0 fully saturated rings. The van der Waals surface area contributed by atoms with Crippen molar-refractivity contribution < 1.29 is 18.7 Å². The van der Waals surface area contributed by atoms with Crippen LogP contribution in [0, 0.1) is 5.82 Å². The highest BCUT2D eigenvalue weighted by Gasteiger charge is 2.16. The van der Waals surface area contributed by atoms with Crippen molar-refractivity contribution in [3.8, 4) is 5.75 Å². The Bertz CT molecular complexity index is 455. The first kappa shape index (κ1) is 17.4. The highest BCUT2D eigenvalue weighted by Crippen LogP contribution is 2.21. The summed E-state index contributed by atoms with van der Waals surface area (Å²) in [5.74, 6) is -0.0510. The monoisotopic (exact) mass is 298 g/mol. The molecule has 0 spiro atoms. The molecule has 118 valence electrons. The third-order valence-corrected chi connectivity index (χ3v) is 2.87. The molecule has 0 aliphatic rings. The Balaban J connectivity index is 2.65. The van der Waals surface area contributed by atoms with Gasteiger partial charge in [-0.3, -0.25) is 4.79 Å². The van der Waals surface area contributed by atoms with Crippen LogP contribution in [0.4, 0.5) is 4.39 Å². The lowest BCUT2D eigenvalue weighted by atomic mass is 10.2. The molecule has 5 nitrogen and oxygen atoms in total. The van der Waals surface area contributed by atoms with Crippen molar-refractivity contribution in [3.63, 3.8) is 0 Å². The Morgan fingerprint density at radius 2 is 2.19 bits per heavy atom. The molecule has 0 aliphatic carbocycles. The van der Waals surface area contributed by atoms with Gasteiger partial charge in [0.05, 0.1) is 6.61 Å². The number of carbonyl (C=O) groups excluding carboxylic acids is 1. The largest absolute Gasteiger partial charge is 0.481 e. The second-order valence-electron chi connectivity index (χ2n) is 4.58. The van der Waals surface area contributed by atoms with Crippen molar-refractivity contribution >= 4 is 5.91 Å². The summed E-state index contributed by atoms with van der Waals surface area (Å²) >= 11 is 0. The average Bonchev–Trinajstić information content (AvgIpc) is 2.47. The van der Waals surface area contributed by atoms with Crippen molar-refractivity contribution in [2.75, 3.05) is 26.8 Å². The van der Waals surface area contributed by atoms with Crippen LogP contribution in [0.1, 0.15) is 19.4 Å². The van der Waals surface area contributed by atoms with Gasteiger partial charge in [-0.15, -0.1) is 0 Å². The number of rotatable bonds is 9. The van der Waals surface area contributed by atoms with Gasteiger partial charge in [-0.2, -0.15) is 0 Å². The van der Waals surface area contributed by atoms with Crippen LogP contribution in [-0.4, -0.2) is 38.8 Å². The first-order valence-electron chi connectivity index (χ1n) is 7.01. The number of benzene rings is 1. The van der Waals surface area contributed by atoms with Crippen molar-refractivity contribution in [2.45, 2.75) is 26.5 Å². The van der Waals surface area contributed by atoms with E-state index in [0.717, 1.165) is 6.54 Å². The Morgan fingerprint density at radius 3 is 2.86 bits per heavy atom. The van der Waals surface area contributed by atoms with E-state index in [0.29, 0.717) is 31.0 Å². The summed E-state index contributed by atoms with van der Waals surface area (Å²) in [5.41, 5.74) is 0.688. The summed E-state index contributed by atoms with van der Waals surface area (Å²) < 4.78 is 23.8. The van der Waals surface area contributed by atoms with E-state index in [1.807, 2.05) is 6.92 Å². The smallest absolute Gasteiger partial charge is 0.260 e. The SMILES string of the molecule is CCNCc1cc(F)ccc1OC(C)C(=O)NCCOC. The lowest BCUT2D eigenvalue weighted by Gasteiger charge is -2.17. The van der Waals surface area contributed by atoms with Crippen LogP contribution in [-0.2, 0) is 16.1 Å². The van der Waals surface area contributed by atoms with E-state index < -0.39 is 6.10 Å². The van der Waals surface area contributed by atoms with Crippen molar-refractivity contribution in [1.82, 2.24) is 10.6 Å². The number of nitrogens with one attached hydrogen (secondary N) is 2. The summed E-state index contributed by atoms with van der Waals surface area (Å²) in [6.07, 6.45) is -0.660. The fraction of sp³-hybridized carbons (Fsp3) is 0.533. The van der Waals surface area contributed by atoms with Crippen LogP contribution >= 0.6 is 0 Å². The van der Waals surface area contributed by atoms with Gasteiger partial charge < -0.3 is 20.1 Å². The number of hydrogen-bond acceptors (Lipinski definition) is 4. The molecular weight excluding hydrogens is 275 g/mol. The molecule has 0 radical (unpaired) electrons. The van der Waals surface area contributed by atoms with Gasteiger partial charge in [0.15, 0.2) is 6.10 Å². The zero-order valence-electron chi connectivity index (χ0n) is 12.7. The maximum Gasteiger partial charge on any atom is 0.260 e. The molecule has 1 aromatic rings. The van der Waals surface area contributed by atoms with Crippen LogP contribution in [0.3, 0.4) is 0 Å². The topological polar surface area (TPSA) is 59.6 Å². The van der Waals surface area contributed by atoms with Crippen molar-refractivity contribution in [2.24, 2.45) is 0 Å². The first-order valence-corrected chi connectivity index (χ1v) is 7.01. The lowest BCUT2D eigenvalue weighted by molar-refractivity contribution is -0.127. The van der Waals surface area contributed by atoms with Gasteiger partial charge in [0, 0.05) is 25.8 Å². The Morgan fingerprint density at radius 1 is 1.43 bits per heavy atom. The fourth-order valence-corrected chi connectivity index (χ4v) is 1.72. The van der Waals surface area contributed by atoms with Crippen LogP contribution < -0.4 is 15.4 Å². The fourth-order valence-electron chi connectivity index (χ4n) is 1.72. The maximum absolute atomic E-state index is 13.3. The van der Waals surface area contributed by atoms with Crippen molar-refractivity contribution in [1.29, 1.82) is 0 Å². The minimum Gasteiger partial charge on any atom is -0.481 e. The van der Waals surface area contributed by atoms with Crippen LogP contribution in [0.5, 0.6) is 5.75 Å². The van der Waals surface area contributed by atoms with Crippen LogP contribution in [0.25, 0.3) is 0 Å². The second kappa shape index (κ2) is 9.31. The Labute approximate surface area is 124 Å². The van der Waals surface area contributed by atoms with Crippen molar-refractivity contribution in [3.05, 3.63) is 29.6 Å². The number of ether oxygens (including phenoxy) is 2. The van der Waals surface area contributed by atoms with E-state index >= 15 is 0 Å². The molecular formula is C15H23FN2O3. The first-order chi connectivity index (χ1) is 10.1. The molecule has 0 heterocycles. The van der Waals surface area contributed by atoms with E-state index in [1.54, 1.807) is 20.1 Å². The zero-order chi connectivity index (χ0) is 15.7. The Kier molecular flexibility index (Phi) is 7.71. The molecule has 1 rings (SSSR count). The van der Waals surface area contributed by atoms with E-state index in [-0.39, 0.29) is 11.7 Å². The number of hydrogen-bond donors (Lipinski definition) is 2. The molecule has 0 saturated carbocycles. The average molecular weight is 298 g/mol. The van der Waals surface area contributed by atoms with E-state index in [4.69, 9.17) is 9.47 Å². The number of halogens is 1. The van der Waals surface area contributed by atoms with Gasteiger partial charge in [-0.05, 0) is 31.7 Å². The number of amides is 1. The second-order valence-corrected chi connectivity index (χ2v) is 4.58. The van der Waals surface area contributed by atoms with Gasteiger partial charge >= 0.3 is 0 Å². The van der Waals surface area contributed by atoms with Gasteiger partial charge in [0.25, 0.3) is 5.91 Å². The molecule has 0 saturated heterocycles. The summed E-state index contributed by atoms with van der Waals surface area (Å²) in [6, 6.07) is 4.27. The minimum atomic E-state index is -0.660. The standard InChI is InChI=1S/C15H23FN2O3/c1-4-17-10-12-9-13(16)5-6-14(12)21-11(2)15(19)18-7-8-20-3/h5-6,9,11,17H,4,7-8,10H2,1-3H3,(H,18,19). The van der Waals surface area contributed by atoms with E-state index in [2.05, 4.69) is 10.6 Å². The zero-order valence-corrected chi connectivity index (χ0v) is 12.7.